The summed E-state index contributed by atoms with van der Waals surface area (Å²) in [4.78, 5) is 32.2. The Kier molecular flexibility index (Phi) is 8.91. The van der Waals surface area contributed by atoms with E-state index < -0.39 is 12.0 Å². The predicted octanol–water partition coefficient (Wildman–Crippen LogP) is 4.47. The van der Waals surface area contributed by atoms with Crippen molar-refractivity contribution in [2.45, 2.75) is 59.1 Å². The Balaban J connectivity index is 1.81. The number of phenolic OH excluding ortho intramolecular Hbond substituents is 1. The van der Waals surface area contributed by atoms with Crippen LogP contribution in [0.3, 0.4) is 0 Å². The summed E-state index contributed by atoms with van der Waals surface area (Å²) in [5.41, 5.74) is 1.99. The molecule has 3 aromatic rings. The molecule has 8 nitrogen and oxygen atoms in total. The summed E-state index contributed by atoms with van der Waals surface area (Å²) >= 11 is 1.24. The highest BCUT2D eigenvalue weighted by atomic mass is 32.1. The van der Waals surface area contributed by atoms with Gasteiger partial charge in [-0.2, -0.15) is 0 Å². The number of methoxy groups -OCH3 is 1. The smallest absolute Gasteiger partial charge is 0.338 e. The largest absolute Gasteiger partial charge is 0.504 e. The molecular formula is C30H34N2O6S. The fraction of sp³-hybridized carbons (Fsp3) is 0.367. The molecule has 4 rings (SSSR count). The molecule has 2 heterocycles. The Bertz CT molecular complexity index is 1550. The Morgan fingerprint density at radius 2 is 1.92 bits per heavy atom. The standard InChI is InChI=1S/C30H34N2O6S/c1-6-7-8-15-37-22-12-10-21(11-13-22)27-26(29(35)38-18(2)3)19(4)31-30-32(27)28(34)25(39-30)17-20-9-14-23(33)24(16-20)36-5/h9-14,16-18,27,33H,6-8,15H2,1-5H3. The van der Waals surface area contributed by atoms with Gasteiger partial charge in [0.15, 0.2) is 16.3 Å². The first kappa shape index (κ1) is 28.2. The Morgan fingerprint density at radius 3 is 2.59 bits per heavy atom. The van der Waals surface area contributed by atoms with Gasteiger partial charge in [-0.05, 0) is 68.7 Å². The molecule has 1 unspecified atom stereocenters. The maximum atomic E-state index is 13.8. The van der Waals surface area contributed by atoms with E-state index in [9.17, 15) is 14.7 Å². The van der Waals surface area contributed by atoms with Crippen LogP contribution in [0.15, 0.2) is 63.5 Å². The molecule has 9 heteroatoms. The van der Waals surface area contributed by atoms with Crippen LogP contribution in [0.1, 0.15) is 64.1 Å². The van der Waals surface area contributed by atoms with Crippen LogP contribution in [0.2, 0.25) is 0 Å². The zero-order chi connectivity index (χ0) is 28.1. The molecule has 1 atom stereocenters. The van der Waals surface area contributed by atoms with E-state index in [0.717, 1.165) is 30.6 Å². The van der Waals surface area contributed by atoms with Crippen LogP contribution in [0.5, 0.6) is 17.2 Å². The van der Waals surface area contributed by atoms with Gasteiger partial charge in [0, 0.05) is 0 Å². The molecule has 0 amide bonds. The van der Waals surface area contributed by atoms with Gasteiger partial charge >= 0.3 is 5.97 Å². The minimum absolute atomic E-state index is 0.0119. The van der Waals surface area contributed by atoms with Crippen LogP contribution in [-0.2, 0) is 9.53 Å². The average molecular weight is 551 g/mol. The predicted molar refractivity (Wildman–Crippen MR) is 151 cm³/mol. The number of hydrogen-bond acceptors (Lipinski definition) is 8. The number of thiazole rings is 1. The Labute approximate surface area is 231 Å². The van der Waals surface area contributed by atoms with Gasteiger partial charge in [-0.25, -0.2) is 9.79 Å². The van der Waals surface area contributed by atoms with Crippen LogP contribution in [0.4, 0.5) is 0 Å². The molecule has 1 N–H and O–H groups in total. The van der Waals surface area contributed by atoms with E-state index in [2.05, 4.69) is 11.9 Å². The lowest BCUT2D eigenvalue weighted by Gasteiger charge is -2.25. The summed E-state index contributed by atoms with van der Waals surface area (Å²) in [7, 11) is 1.47. The number of phenols is 1. The number of carbonyl (C=O) groups is 1. The molecule has 0 fully saturated rings. The van der Waals surface area contributed by atoms with E-state index in [4.69, 9.17) is 14.2 Å². The van der Waals surface area contributed by atoms with E-state index in [1.54, 1.807) is 43.5 Å². The van der Waals surface area contributed by atoms with Gasteiger partial charge < -0.3 is 19.3 Å². The Morgan fingerprint density at radius 1 is 1.18 bits per heavy atom. The normalized spacial score (nSPS) is 15.2. The molecular weight excluding hydrogens is 516 g/mol. The van der Waals surface area contributed by atoms with E-state index in [-0.39, 0.29) is 17.4 Å². The third kappa shape index (κ3) is 6.25. The summed E-state index contributed by atoms with van der Waals surface area (Å²) in [6.07, 6.45) is 4.60. The summed E-state index contributed by atoms with van der Waals surface area (Å²) in [6, 6.07) is 11.6. The highest BCUT2D eigenvalue weighted by Crippen LogP contribution is 2.32. The topological polar surface area (TPSA) is 99.4 Å². The number of rotatable bonds is 10. The lowest BCUT2D eigenvalue weighted by Crippen LogP contribution is -2.40. The molecule has 0 spiro atoms. The minimum atomic E-state index is -0.710. The molecule has 39 heavy (non-hydrogen) atoms. The number of esters is 1. The highest BCUT2D eigenvalue weighted by molar-refractivity contribution is 7.07. The first-order valence-electron chi connectivity index (χ1n) is 13.1. The Hall–Kier alpha value is -3.85. The van der Waals surface area contributed by atoms with Crippen molar-refractivity contribution in [3.05, 3.63) is 84.5 Å². The van der Waals surface area contributed by atoms with Crippen molar-refractivity contribution < 1.29 is 24.1 Å². The average Bonchev–Trinajstić information content (AvgIpc) is 3.20. The van der Waals surface area contributed by atoms with Crippen LogP contribution in [0, 0.1) is 0 Å². The van der Waals surface area contributed by atoms with Crippen molar-refractivity contribution in [3.63, 3.8) is 0 Å². The third-order valence-electron chi connectivity index (χ3n) is 6.30. The molecule has 2 aromatic carbocycles. The first-order chi connectivity index (χ1) is 18.7. The van der Waals surface area contributed by atoms with Crippen molar-refractivity contribution >= 4 is 23.4 Å². The molecule has 1 aliphatic rings. The van der Waals surface area contributed by atoms with Gasteiger partial charge in [-0.3, -0.25) is 9.36 Å². The second-order valence-electron chi connectivity index (χ2n) is 9.59. The molecule has 206 valence electrons. The number of benzene rings is 2. The maximum absolute atomic E-state index is 13.8. The molecule has 1 aliphatic heterocycles. The number of nitrogens with zero attached hydrogens (tertiary/aromatic N) is 2. The number of carbonyl (C=O) groups excluding carboxylic acids is 1. The number of hydrogen-bond donors (Lipinski definition) is 1. The van der Waals surface area contributed by atoms with Crippen LogP contribution >= 0.6 is 11.3 Å². The van der Waals surface area contributed by atoms with Gasteiger partial charge in [0.2, 0.25) is 0 Å². The van der Waals surface area contributed by atoms with Crippen molar-refractivity contribution in [2.75, 3.05) is 13.7 Å². The number of aromatic hydroxyl groups is 1. The number of fused-ring (bicyclic) bond motifs is 1. The van der Waals surface area contributed by atoms with Gasteiger partial charge in [0.1, 0.15) is 5.75 Å². The number of allylic oxidation sites excluding steroid dienone is 1. The molecule has 0 saturated heterocycles. The molecule has 0 radical (unpaired) electrons. The summed E-state index contributed by atoms with van der Waals surface area (Å²) < 4.78 is 18.6. The maximum Gasteiger partial charge on any atom is 0.338 e. The lowest BCUT2D eigenvalue weighted by molar-refractivity contribution is -0.143. The fourth-order valence-electron chi connectivity index (χ4n) is 4.40. The van der Waals surface area contributed by atoms with E-state index in [0.29, 0.717) is 38.5 Å². The number of aromatic nitrogens is 1. The van der Waals surface area contributed by atoms with E-state index in [1.165, 1.54) is 24.5 Å². The highest BCUT2D eigenvalue weighted by Gasteiger charge is 2.33. The van der Waals surface area contributed by atoms with Gasteiger partial charge in [0.25, 0.3) is 5.56 Å². The van der Waals surface area contributed by atoms with Gasteiger partial charge in [-0.1, -0.05) is 49.3 Å². The van der Waals surface area contributed by atoms with Crippen molar-refractivity contribution in [3.8, 4) is 17.2 Å². The zero-order valence-corrected chi connectivity index (χ0v) is 23.7. The van der Waals surface area contributed by atoms with Crippen LogP contribution in [-0.4, -0.2) is 35.5 Å². The van der Waals surface area contributed by atoms with Crippen molar-refractivity contribution in [2.24, 2.45) is 4.99 Å². The van der Waals surface area contributed by atoms with Crippen LogP contribution < -0.4 is 24.4 Å². The summed E-state index contributed by atoms with van der Waals surface area (Å²) in [6.45, 7) is 8.12. The summed E-state index contributed by atoms with van der Waals surface area (Å²) in [5, 5.41) is 9.94. The van der Waals surface area contributed by atoms with Crippen molar-refractivity contribution in [1.29, 1.82) is 0 Å². The zero-order valence-electron chi connectivity index (χ0n) is 22.9. The molecule has 1 aromatic heterocycles. The molecule has 0 aliphatic carbocycles. The monoisotopic (exact) mass is 550 g/mol. The summed E-state index contributed by atoms with van der Waals surface area (Å²) in [5.74, 6) is 0.544. The van der Waals surface area contributed by atoms with Gasteiger partial charge in [0.05, 0.1) is 41.7 Å². The van der Waals surface area contributed by atoms with Crippen molar-refractivity contribution in [1.82, 2.24) is 4.57 Å². The minimum Gasteiger partial charge on any atom is -0.504 e. The van der Waals surface area contributed by atoms with E-state index >= 15 is 0 Å². The number of ether oxygens (including phenoxy) is 3. The quantitative estimate of drug-likeness (QED) is 0.295. The van der Waals surface area contributed by atoms with E-state index in [1.807, 2.05) is 24.3 Å². The molecule has 0 saturated carbocycles. The fourth-order valence-corrected chi connectivity index (χ4v) is 5.45. The second kappa shape index (κ2) is 12.3. The van der Waals surface area contributed by atoms with Gasteiger partial charge in [-0.15, -0.1) is 0 Å². The first-order valence-corrected chi connectivity index (χ1v) is 13.9. The SMILES string of the molecule is CCCCCOc1ccc(C2C(C(=O)OC(C)C)=C(C)N=c3sc(=Cc4ccc(O)c(OC)c4)c(=O)n32)cc1. The number of unbranched alkanes of at least 4 members (excludes halogenated alkanes) is 2. The molecule has 0 bridgehead atoms. The third-order valence-corrected chi connectivity index (χ3v) is 7.28. The van der Waals surface area contributed by atoms with Crippen LogP contribution in [0.25, 0.3) is 6.08 Å². The second-order valence-corrected chi connectivity index (χ2v) is 10.6. The lowest BCUT2D eigenvalue weighted by atomic mass is 9.96.